The summed E-state index contributed by atoms with van der Waals surface area (Å²) in [5.74, 6) is 1.05. The Hall–Kier alpha value is -3.45. The topological polar surface area (TPSA) is 54.5 Å². The predicted octanol–water partition coefficient (Wildman–Crippen LogP) is 4.89. The molecule has 4 nitrogen and oxygen atoms in total. The van der Waals surface area contributed by atoms with Crippen LogP contribution in [0.2, 0.25) is 0 Å². The van der Waals surface area contributed by atoms with E-state index < -0.39 is 0 Å². The van der Waals surface area contributed by atoms with Crippen molar-refractivity contribution in [3.05, 3.63) is 83.3 Å². The summed E-state index contributed by atoms with van der Waals surface area (Å²) >= 11 is 0. The molecule has 2 aromatic carbocycles. The second-order valence-electron chi connectivity index (χ2n) is 6.62. The highest BCUT2D eigenvalue weighted by Gasteiger charge is 2.13. The number of rotatable bonds is 4. The standard InChI is InChI=1S/C23H20N4/c1-3-21-26-22-16(2)12-13-25-23(22)27(21)15-17-8-10-18(11-9-17)20-7-5-4-6-19(20)14-24/h4-13H,3,15H2,1-2H3. The molecular weight excluding hydrogens is 332 g/mol. The number of fused-ring (bicyclic) bond motifs is 1. The molecule has 0 aliphatic carbocycles. The Morgan fingerprint density at radius 2 is 1.81 bits per heavy atom. The fourth-order valence-corrected chi connectivity index (χ4v) is 3.42. The van der Waals surface area contributed by atoms with E-state index in [-0.39, 0.29) is 0 Å². The van der Waals surface area contributed by atoms with Gasteiger partial charge in [-0.05, 0) is 41.3 Å². The molecule has 0 atom stereocenters. The largest absolute Gasteiger partial charge is 0.308 e. The number of pyridine rings is 1. The van der Waals surface area contributed by atoms with Gasteiger partial charge in [0.1, 0.15) is 11.3 Å². The van der Waals surface area contributed by atoms with E-state index in [1.54, 1.807) is 0 Å². The van der Waals surface area contributed by atoms with Crippen LogP contribution in [0.15, 0.2) is 60.8 Å². The van der Waals surface area contributed by atoms with E-state index in [4.69, 9.17) is 4.98 Å². The molecule has 4 heteroatoms. The lowest BCUT2D eigenvalue weighted by atomic mass is 9.99. The van der Waals surface area contributed by atoms with Crippen molar-refractivity contribution in [2.45, 2.75) is 26.8 Å². The lowest BCUT2D eigenvalue weighted by Gasteiger charge is -2.09. The number of hydrogen-bond acceptors (Lipinski definition) is 3. The van der Waals surface area contributed by atoms with Crippen molar-refractivity contribution in [1.29, 1.82) is 5.26 Å². The minimum Gasteiger partial charge on any atom is -0.308 e. The number of nitrogens with zero attached hydrogens (tertiary/aromatic N) is 4. The lowest BCUT2D eigenvalue weighted by molar-refractivity contribution is 0.746. The zero-order chi connectivity index (χ0) is 18.8. The van der Waals surface area contributed by atoms with Gasteiger partial charge in [0.25, 0.3) is 0 Å². The van der Waals surface area contributed by atoms with Crippen molar-refractivity contribution in [3.63, 3.8) is 0 Å². The van der Waals surface area contributed by atoms with Crippen LogP contribution in [0.3, 0.4) is 0 Å². The number of hydrogen-bond donors (Lipinski definition) is 0. The van der Waals surface area contributed by atoms with Crippen LogP contribution in [0, 0.1) is 18.3 Å². The first kappa shape index (κ1) is 17.0. The van der Waals surface area contributed by atoms with Crippen LogP contribution in [0.4, 0.5) is 0 Å². The summed E-state index contributed by atoms with van der Waals surface area (Å²) in [6.45, 7) is 4.92. The Morgan fingerprint density at radius 3 is 2.56 bits per heavy atom. The first-order valence-corrected chi connectivity index (χ1v) is 9.10. The van der Waals surface area contributed by atoms with Crippen molar-refractivity contribution < 1.29 is 0 Å². The molecule has 0 aliphatic heterocycles. The van der Waals surface area contributed by atoms with E-state index in [1.807, 2.05) is 36.5 Å². The average molecular weight is 352 g/mol. The molecule has 2 heterocycles. The highest BCUT2D eigenvalue weighted by molar-refractivity contribution is 5.75. The van der Waals surface area contributed by atoms with Gasteiger partial charge in [-0.3, -0.25) is 0 Å². The van der Waals surface area contributed by atoms with Gasteiger partial charge in [-0.1, -0.05) is 49.4 Å². The third-order valence-corrected chi connectivity index (χ3v) is 4.88. The van der Waals surface area contributed by atoms with Gasteiger partial charge in [0, 0.05) is 12.6 Å². The van der Waals surface area contributed by atoms with Crippen molar-refractivity contribution in [1.82, 2.24) is 14.5 Å². The summed E-state index contributed by atoms with van der Waals surface area (Å²) in [6.07, 6.45) is 2.71. The Kier molecular flexibility index (Phi) is 4.43. The normalized spacial score (nSPS) is 10.9. The van der Waals surface area contributed by atoms with E-state index in [0.717, 1.165) is 46.6 Å². The Morgan fingerprint density at radius 1 is 1.04 bits per heavy atom. The van der Waals surface area contributed by atoms with Crippen LogP contribution in [0.25, 0.3) is 22.3 Å². The molecule has 132 valence electrons. The second-order valence-corrected chi connectivity index (χ2v) is 6.62. The Labute approximate surface area is 158 Å². The van der Waals surface area contributed by atoms with E-state index in [1.165, 1.54) is 5.56 Å². The molecule has 0 N–H and O–H groups in total. The molecule has 0 aliphatic rings. The third-order valence-electron chi connectivity index (χ3n) is 4.88. The van der Waals surface area contributed by atoms with Gasteiger partial charge in [-0.15, -0.1) is 0 Å². The summed E-state index contributed by atoms with van der Waals surface area (Å²) in [5.41, 5.74) is 6.96. The molecule has 0 unspecified atom stereocenters. The number of aryl methyl sites for hydroxylation is 2. The summed E-state index contributed by atoms with van der Waals surface area (Å²) < 4.78 is 2.20. The third kappa shape index (κ3) is 3.09. The highest BCUT2D eigenvalue weighted by Crippen LogP contribution is 2.25. The van der Waals surface area contributed by atoms with Gasteiger partial charge in [0.15, 0.2) is 5.65 Å². The van der Waals surface area contributed by atoms with Crippen molar-refractivity contribution in [2.75, 3.05) is 0 Å². The quantitative estimate of drug-likeness (QED) is 0.525. The van der Waals surface area contributed by atoms with Crippen LogP contribution in [-0.2, 0) is 13.0 Å². The average Bonchev–Trinajstić information content (AvgIpc) is 3.07. The van der Waals surface area contributed by atoms with Gasteiger partial charge in [0.05, 0.1) is 18.2 Å². The van der Waals surface area contributed by atoms with Crippen molar-refractivity contribution >= 4 is 11.2 Å². The van der Waals surface area contributed by atoms with E-state index in [9.17, 15) is 5.26 Å². The molecule has 4 rings (SSSR count). The van der Waals surface area contributed by atoms with Gasteiger partial charge in [0.2, 0.25) is 0 Å². The van der Waals surface area contributed by atoms with Crippen LogP contribution in [0.1, 0.15) is 29.4 Å². The maximum absolute atomic E-state index is 9.32. The second kappa shape index (κ2) is 7.05. The van der Waals surface area contributed by atoms with E-state index in [0.29, 0.717) is 5.56 Å². The number of aromatic nitrogens is 3. The number of nitriles is 1. The summed E-state index contributed by atoms with van der Waals surface area (Å²) in [6, 6.07) is 20.3. The minimum atomic E-state index is 0.693. The zero-order valence-corrected chi connectivity index (χ0v) is 15.5. The summed E-state index contributed by atoms with van der Waals surface area (Å²) in [7, 11) is 0. The Balaban J connectivity index is 1.70. The maximum atomic E-state index is 9.32. The van der Waals surface area contributed by atoms with E-state index in [2.05, 4.69) is 53.7 Å². The molecule has 0 saturated carbocycles. The lowest BCUT2D eigenvalue weighted by Crippen LogP contribution is -2.05. The van der Waals surface area contributed by atoms with Crippen molar-refractivity contribution in [3.8, 4) is 17.2 Å². The van der Waals surface area contributed by atoms with Gasteiger partial charge in [-0.25, -0.2) is 9.97 Å². The molecule has 0 amide bonds. The molecule has 4 aromatic rings. The van der Waals surface area contributed by atoms with Gasteiger partial charge in [-0.2, -0.15) is 5.26 Å². The number of imidazole rings is 1. The smallest absolute Gasteiger partial charge is 0.160 e. The molecule has 2 aromatic heterocycles. The monoisotopic (exact) mass is 352 g/mol. The molecule has 0 spiro atoms. The van der Waals surface area contributed by atoms with Crippen LogP contribution < -0.4 is 0 Å². The highest BCUT2D eigenvalue weighted by atomic mass is 15.1. The molecular formula is C23H20N4. The van der Waals surface area contributed by atoms with Crippen LogP contribution in [0.5, 0.6) is 0 Å². The van der Waals surface area contributed by atoms with E-state index >= 15 is 0 Å². The zero-order valence-electron chi connectivity index (χ0n) is 15.5. The Bertz CT molecular complexity index is 1150. The fourth-order valence-electron chi connectivity index (χ4n) is 3.42. The first-order chi connectivity index (χ1) is 13.2. The van der Waals surface area contributed by atoms with Gasteiger partial charge < -0.3 is 4.57 Å². The van der Waals surface area contributed by atoms with Gasteiger partial charge >= 0.3 is 0 Å². The SMILES string of the molecule is CCc1nc2c(C)ccnc2n1Cc1ccc(-c2ccccc2C#N)cc1. The first-order valence-electron chi connectivity index (χ1n) is 9.10. The summed E-state index contributed by atoms with van der Waals surface area (Å²) in [5, 5.41) is 9.32. The molecule has 0 fully saturated rings. The molecule has 0 bridgehead atoms. The predicted molar refractivity (Wildman–Crippen MR) is 107 cm³/mol. The van der Waals surface area contributed by atoms with Crippen molar-refractivity contribution in [2.24, 2.45) is 0 Å². The summed E-state index contributed by atoms with van der Waals surface area (Å²) in [4.78, 5) is 9.34. The van der Waals surface area contributed by atoms with Crippen LogP contribution >= 0.6 is 0 Å². The molecule has 0 saturated heterocycles. The number of benzene rings is 2. The minimum absolute atomic E-state index is 0.693. The fraction of sp³-hybridized carbons (Fsp3) is 0.174. The van der Waals surface area contributed by atoms with Crippen LogP contribution in [-0.4, -0.2) is 14.5 Å². The molecule has 27 heavy (non-hydrogen) atoms. The maximum Gasteiger partial charge on any atom is 0.160 e. The molecule has 0 radical (unpaired) electrons.